The van der Waals surface area contributed by atoms with Crippen molar-refractivity contribution in [2.75, 3.05) is 0 Å². The van der Waals surface area contributed by atoms with Gasteiger partial charge in [0.15, 0.2) is 0 Å². The molecule has 2 N–H and O–H groups in total. The molecule has 1 aromatic rings. The van der Waals surface area contributed by atoms with Crippen molar-refractivity contribution in [1.29, 1.82) is 0 Å². The van der Waals surface area contributed by atoms with Gasteiger partial charge < -0.3 is 5.73 Å². The second-order valence-corrected chi connectivity index (χ2v) is 5.26. The monoisotopic (exact) mass is 231 g/mol. The predicted molar refractivity (Wildman–Crippen MR) is 69.8 cm³/mol. The van der Waals surface area contributed by atoms with Gasteiger partial charge in [-0.05, 0) is 43.7 Å². The average Bonchev–Trinajstić information content (AvgIpc) is 2.32. The predicted octanol–water partition coefficient (Wildman–Crippen LogP) is 3.06. The van der Waals surface area contributed by atoms with Gasteiger partial charge in [0.25, 0.3) is 0 Å². The Labute approximate surface area is 103 Å². The first-order chi connectivity index (χ1) is 8.08. The van der Waals surface area contributed by atoms with E-state index in [2.05, 4.69) is 32.0 Å². The van der Waals surface area contributed by atoms with E-state index in [0.29, 0.717) is 24.5 Å². The van der Waals surface area contributed by atoms with Gasteiger partial charge in [-0.15, -0.1) is 0 Å². The fourth-order valence-corrected chi connectivity index (χ4v) is 2.69. The number of carbonyl (C=O) groups excluding carboxylic acids is 1. The summed E-state index contributed by atoms with van der Waals surface area (Å²) in [6, 6.07) is 6.54. The van der Waals surface area contributed by atoms with Gasteiger partial charge in [-0.1, -0.05) is 23.8 Å². The van der Waals surface area contributed by atoms with Crippen LogP contribution in [0.3, 0.4) is 0 Å². The van der Waals surface area contributed by atoms with Crippen LogP contribution < -0.4 is 5.73 Å². The summed E-state index contributed by atoms with van der Waals surface area (Å²) >= 11 is 0. The molecule has 2 nitrogen and oxygen atoms in total. The first-order valence-electron chi connectivity index (χ1n) is 6.42. The summed E-state index contributed by atoms with van der Waals surface area (Å²) in [5.41, 5.74) is 10.1. The molecule has 1 aliphatic rings. The third-order valence-electron chi connectivity index (χ3n) is 3.89. The number of benzene rings is 1. The number of rotatable bonds is 2. The number of Topliss-reactive ketones (excluding diaryl/α,β-unsaturated/α-hetero) is 1. The second kappa shape index (κ2) is 5.01. The van der Waals surface area contributed by atoms with Gasteiger partial charge in [-0.25, -0.2) is 0 Å². The zero-order valence-electron chi connectivity index (χ0n) is 10.7. The number of nitrogens with two attached hydrogens (primary N) is 1. The largest absolute Gasteiger partial charge is 0.324 e. The minimum absolute atomic E-state index is 0.0861. The van der Waals surface area contributed by atoms with Gasteiger partial charge in [0.05, 0.1) is 0 Å². The SMILES string of the molecule is Cc1ccc(C)c(C(N)C2CCC(=O)CC2)c1. The fraction of sp³-hybridized carbons (Fsp3) is 0.533. The topological polar surface area (TPSA) is 43.1 Å². The Morgan fingerprint density at radius 3 is 2.53 bits per heavy atom. The van der Waals surface area contributed by atoms with E-state index in [1.165, 1.54) is 16.7 Å². The van der Waals surface area contributed by atoms with Crippen LogP contribution >= 0.6 is 0 Å². The lowest BCUT2D eigenvalue weighted by Gasteiger charge is -2.28. The molecule has 2 rings (SSSR count). The molecule has 0 aliphatic heterocycles. The quantitative estimate of drug-likeness (QED) is 0.850. The number of hydrogen-bond acceptors (Lipinski definition) is 2. The molecule has 0 radical (unpaired) electrons. The number of carbonyl (C=O) groups is 1. The third-order valence-corrected chi connectivity index (χ3v) is 3.89. The lowest BCUT2D eigenvalue weighted by Crippen LogP contribution is -2.26. The molecule has 1 unspecified atom stereocenters. The van der Waals surface area contributed by atoms with E-state index in [1.807, 2.05) is 0 Å². The average molecular weight is 231 g/mol. The highest BCUT2D eigenvalue weighted by Crippen LogP contribution is 2.33. The Morgan fingerprint density at radius 2 is 1.88 bits per heavy atom. The minimum atomic E-state index is 0.0861. The summed E-state index contributed by atoms with van der Waals surface area (Å²) in [5.74, 6) is 0.864. The molecule has 0 saturated heterocycles. The maximum Gasteiger partial charge on any atom is 0.132 e. The smallest absolute Gasteiger partial charge is 0.132 e. The van der Waals surface area contributed by atoms with Crippen molar-refractivity contribution in [1.82, 2.24) is 0 Å². The van der Waals surface area contributed by atoms with Crippen molar-refractivity contribution < 1.29 is 4.79 Å². The normalized spacial score (nSPS) is 19.4. The standard InChI is InChI=1S/C15H21NO/c1-10-3-4-11(2)14(9-10)15(16)12-5-7-13(17)8-6-12/h3-4,9,12,15H,5-8,16H2,1-2H3. The summed E-state index contributed by atoms with van der Waals surface area (Å²) in [5, 5.41) is 0. The summed E-state index contributed by atoms with van der Waals surface area (Å²) < 4.78 is 0. The molecule has 0 bridgehead atoms. The van der Waals surface area contributed by atoms with E-state index in [-0.39, 0.29) is 6.04 Å². The molecule has 1 atom stereocenters. The summed E-state index contributed by atoms with van der Waals surface area (Å²) in [6.07, 6.45) is 3.33. The van der Waals surface area contributed by atoms with E-state index in [9.17, 15) is 4.79 Å². The van der Waals surface area contributed by atoms with Crippen LogP contribution in [-0.2, 0) is 4.79 Å². The van der Waals surface area contributed by atoms with Crippen molar-refractivity contribution >= 4 is 5.78 Å². The highest BCUT2D eigenvalue weighted by atomic mass is 16.1. The maximum atomic E-state index is 11.2. The molecule has 92 valence electrons. The van der Waals surface area contributed by atoms with Gasteiger partial charge in [-0.2, -0.15) is 0 Å². The second-order valence-electron chi connectivity index (χ2n) is 5.26. The van der Waals surface area contributed by atoms with Gasteiger partial charge in [-0.3, -0.25) is 4.79 Å². The molecule has 1 saturated carbocycles. The Balaban J connectivity index is 2.16. The van der Waals surface area contributed by atoms with Crippen LogP contribution in [0.25, 0.3) is 0 Å². The summed E-state index contributed by atoms with van der Waals surface area (Å²) in [6.45, 7) is 4.21. The van der Waals surface area contributed by atoms with E-state index in [0.717, 1.165) is 12.8 Å². The van der Waals surface area contributed by atoms with Gasteiger partial charge >= 0.3 is 0 Å². The number of ketones is 1. The summed E-state index contributed by atoms with van der Waals surface area (Å²) in [7, 11) is 0. The highest BCUT2D eigenvalue weighted by molar-refractivity contribution is 5.79. The molecule has 0 amide bonds. The molecule has 0 aromatic heterocycles. The van der Waals surface area contributed by atoms with Crippen molar-refractivity contribution in [3.05, 3.63) is 34.9 Å². The zero-order valence-corrected chi connectivity index (χ0v) is 10.7. The minimum Gasteiger partial charge on any atom is -0.324 e. The van der Waals surface area contributed by atoms with Crippen molar-refractivity contribution in [3.8, 4) is 0 Å². The Hall–Kier alpha value is -1.15. The Morgan fingerprint density at radius 1 is 1.24 bits per heavy atom. The maximum absolute atomic E-state index is 11.2. The van der Waals surface area contributed by atoms with E-state index in [1.54, 1.807) is 0 Å². The van der Waals surface area contributed by atoms with Crippen molar-refractivity contribution in [2.45, 2.75) is 45.6 Å². The molecule has 1 aromatic carbocycles. The van der Waals surface area contributed by atoms with E-state index >= 15 is 0 Å². The Bertz CT molecular complexity index is 415. The molecule has 1 fully saturated rings. The first-order valence-corrected chi connectivity index (χ1v) is 6.42. The van der Waals surface area contributed by atoms with Crippen LogP contribution in [0, 0.1) is 19.8 Å². The van der Waals surface area contributed by atoms with Crippen LogP contribution in [-0.4, -0.2) is 5.78 Å². The molecule has 17 heavy (non-hydrogen) atoms. The van der Waals surface area contributed by atoms with Crippen molar-refractivity contribution in [3.63, 3.8) is 0 Å². The van der Waals surface area contributed by atoms with E-state index < -0.39 is 0 Å². The van der Waals surface area contributed by atoms with E-state index in [4.69, 9.17) is 5.73 Å². The number of aryl methyl sites for hydroxylation is 2. The van der Waals surface area contributed by atoms with Crippen LogP contribution in [0.5, 0.6) is 0 Å². The van der Waals surface area contributed by atoms with Crippen LogP contribution in [0.2, 0.25) is 0 Å². The lowest BCUT2D eigenvalue weighted by molar-refractivity contribution is -0.121. The zero-order chi connectivity index (χ0) is 12.4. The first kappa shape index (κ1) is 12.3. The van der Waals surface area contributed by atoms with Gasteiger partial charge in [0.1, 0.15) is 5.78 Å². The van der Waals surface area contributed by atoms with Crippen LogP contribution in [0.15, 0.2) is 18.2 Å². The fourth-order valence-electron chi connectivity index (χ4n) is 2.69. The lowest BCUT2D eigenvalue weighted by atomic mass is 9.80. The molecule has 1 aliphatic carbocycles. The molecule has 0 spiro atoms. The molecule has 2 heteroatoms. The number of hydrogen-bond donors (Lipinski definition) is 1. The Kier molecular flexibility index (Phi) is 3.63. The van der Waals surface area contributed by atoms with Gasteiger partial charge in [0.2, 0.25) is 0 Å². The third kappa shape index (κ3) is 2.75. The van der Waals surface area contributed by atoms with Crippen molar-refractivity contribution in [2.24, 2.45) is 11.7 Å². The molecular weight excluding hydrogens is 210 g/mol. The molecular formula is C15H21NO. The van der Waals surface area contributed by atoms with Gasteiger partial charge in [0, 0.05) is 18.9 Å². The molecule has 0 heterocycles. The summed E-state index contributed by atoms with van der Waals surface area (Å²) in [4.78, 5) is 11.2. The highest BCUT2D eigenvalue weighted by Gasteiger charge is 2.25. The van der Waals surface area contributed by atoms with Crippen LogP contribution in [0.4, 0.5) is 0 Å². The van der Waals surface area contributed by atoms with Crippen LogP contribution in [0.1, 0.15) is 48.4 Å².